The number of ether oxygens (including phenoxy) is 1. The molecule has 0 unspecified atom stereocenters. The summed E-state index contributed by atoms with van der Waals surface area (Å²) in [5, 5.41) is 10.4. The van der Waals surface area contributed by atoms with Crippen LogP contribution >= 0.6 is 15.9 Å². The zero-order valence-corrected chi connectivity index (χ0v) is 10.1. The first kappa shape index (κ1) is 11.5. The molecule has 0 aliphatic rings. The van der Waals surface area contributed by atoms with Crippen LogP contribution in [0, 0.1) is 10.1 Å². The van der Waals surface area contributed by atoms with Crippen molar-refractivity contribution in [2.45, 2.75) is 0 Å². The fourth-order valence-electron chi connectivity index (χ4n) is 1.19. The van der Waals surface area contributed by atoms with Crippen molar-refractivity contribution in [3.63, 3.8) is 0 Å². The van der Waals surface area contributed by atoms with Gasteiger partial charge in [-0.25, -0.2) is 4.98 Å². The standard InChI is InChI=1S/C11H7BrN2O3/c12-8-2-1-3-10(6-8)17-11-5-4-9(7-13-11)14(15)16/h1-7H. The number of rotatable bonds is 3. The van der Waals surface area contributed by atoms with E-state index in [1.54, 1.807) is 12.1 Å². The van der Waals surface area contributed by atoms with Gasteiger partial charge in [-0.1, -0.05) is 22.0 Å². The van der Waals surface area contributed by atoms with E-state index in [4.69, 9.17) is 4.74 Å². The van der Waals surface area contributed by atoms with E-state index in [1.807, 2.05) is 12.1 Å². The summed E-state index contributed by atoms with van der Waals surface area (Å²) in [6, 6.07) is 10.1. The molecule has 0 spiro atoms. The van der Waals surface area contributed by atoms with Crippen LogP contribution in [0.15, 0.2) is 47.1 Å². The second kappa shape index (κ2) is 4.92. The van der Waals surface area contributed by atoms with Crippen LogP contribution in [-0.4, -0.2) is 9.91 Å². The van der Waals surface area contributed by atoms with E-state index in [-0.39, 0.29) is 5.69 Å². The lowest BCUT2D eigenvalue weighted by molar-refractivity contribution is -0.385. The van der Waals surface area contributed by atoms with E-state index in [1.165, 1.54) is 12.1 Å². The van der Waals surface area contributed by atoms with Gasteiger partial charge in [-0.05, 0) is 18.2 Å². The summed E-state index contributed by atoms with van der Waals surface area (Å²) < 4.78 is 6.32. The molecule has 0 bridgehead atoms. The van der Waals surface area contributed by atoms with E-state index >= 15 is 0 Å². The maximum absolute atomic E-state index is 10.4. The third kappa shape index (κ3) is 3.01. The van der Waals surface area contributed by atoms with Crippen molar-refractivity contribution < 1.29 is 9.66 Å². The fourth-order valence-corrected chi connectivity index (χ4v) is 1.57. The Bertz CT molecular complexity index is 543. The minimum Gasteiger partial charge on any atom is -0.439 e. The fraction of sp³-hybridized carbons (Fsp3) is 0. The highest BCUT2D eigenvalue weighted by Crippen LogP contribution is 2.23. The zero-order chi connectivity index (χ0) is 12.3. The Morgan fingerprint density at radius 3 is 2.71 bits per heavy atom. The van der Waals surface area contributed by atoms with Gasteiger partial charge in [0.25, 0.3) is 5.69 Å². The van der Waals surface area contributed by atoms with Gasteiger partial charge in [0, 0.05) is 16.6 Å². The van der Waals surface area contributed by atoms with Crippen molar-refractivity contribution in [1.82, 2.24) is 4.98 Å². The predicted octanol–water partition coefficient (Wildman–Crippen LogP) is 3.54. The number of pyridine rings is 1. The summed E-state index contributed by atoms with van der Waals surface area (Å²) in [5.74, 6) is 0.925. The number of nitrogens with zero attached hydrogens (tertiary/aromatic N) is 2. The van der Waals surface area contributed by atoms with Gasteiger partial charge >= 0.3 is 0 Å². The van der Waals surface area contributed by atoms with Crippen molar-refractivity contribution in [2.75, 3.05) is 0 Å². The molecule has 0 fully saturated rings. The summed E-state index contributed by atoms with van der Waals surface area (Å²) in [5.41, 5.74) is -0.0633. The quantitative estimate of drug-likeness (QED) is 0.641. The Morgan fingerprint density at radius 2 is 2.12 bits per heavy atom. The van der Waals surface area contributed by atoms with Crippen LogP contribution in [0.2, 0.25) is 0 Å². The lowest BCUT2D eigenvalue weighted by atomic mass is 10.3. The van der Waals surface area contributed by atoms with Crippen LogP contribution in [-0.2, 0) is 0 Å². The van der Waals surface area contributed by atoms with Crippen molar-refractivity contribution in [2.24, 2.45) is 0 Å². The Labute approximate surface area is 105 Å². The summed E-state index contributed by atoms with van der Waals surface area (Å²) in [6.45, 7) is 0. The van der Waals surface area contributed by atoms with E-state index in [2.05, 4.69) is 20.9 Å². The number of hydrogen-bond acceptors (Lipinski definition) is 4. The minimum absolute atomic E-state index is 0.0633. The number of aromatic nitrogens is 1. The van der Waals surface area contributed by atoms with Crippen LogP contribution in [0.25, 0.3) is 0 Å². The van der Waals surface area contributed by atoms with Gasteiger partial charge in [0.1, 0.15) is 11.9 Å². The first-order valence-corrected chi connectivity index (χ1v) is 5.48. The van der Waals surface area contributed by atoms with Crippen LogP contribution < -0.4 is 4.74 Å². The van der Waals surface area contributed by atoms with Gasteiger partial charge in [0.2, 0.25) is 5.88 Å². The van der Waals surface area contributed by atoms with Crippen LogP contribution in [0.5, 0.6) is 11.6 Å². The van der Waals surface area contributed by atoms with Gasteiger partial charge in [-0.15, -0.1) is 0 Å². The monoisotopic (exact) mass is 294 g/mol. The second-order valence-corrected chi connectivity index (χ2v) is 4.09. The molecule has 0 saturated carbocycles. The predicted molar refractivity (Wildman–Crippen MR) is 65.1 cm³/mol. The maximum Gasteiger partial charge on any atom is 0.287 e. The van der Waals surface area contributed by atoms with Gasteiger partial charge in [0.05, 0.1) is 4.92 Å². The summed E-state index contributed by atoms with van der Waals surface area (Å²) >= 11 is 3.32. The topological polar surface area (TPSA) is 65.3 Å². The molecule has 0 radical (unpaired) electrons. The Balaban J connectivity index is 2.16. The smallest absolute Gasteiger partial charge is 0.287 e. The molecule has 1 aromatic carbocycles. The van der Waals surface area contributed by atoms with Crippen LogP contribution in [0.4, 0.5) is 5.69 Å². The normalized spacial score (nSPS) is 9.94. The van der Waals surface area contributed by atoms with E-state index in [9.17, 15) is 10.1 Å². The molecule has 6 heteroatoms. The molecule has 1 aromatic heterocycles. The highest BCUT2D eigenvalue weighted by Gasteiger charge is 2.06. The molecule has 1 heterocycles. The largest absolute Gasteiger partial charge is 0.439 e. The van der Waals surface area contributed by atoms with Gasteiger partial charge < -0.3 is 4.74 Å². The molecule has 5 nitrogen and oxygen atoms in total. The van der Waals surface area contributed by atoms with E-state index in [0.29, 0.717) is 11.6 Å². The van der Waals surface area contributed by atoms with Crippen molar-refractivity contribution in [3.8, 4) is 11.6 Å². The number of halogens is 1. The Kier molecular flexibility index (Phi) is 3.34. The molecule has 17 heavy (non-hydrogen) atoms. The molecule has 2 rings (SSSR count). The zero-order valence-electron chi connectivity index (χ0n) is 8.54. The van der Waals surface area contributed by atoms with E-state index < -0.39 is 4.92 Å². The maximum atomic E-state index is 10.4. The molecular weight excluding hydrogens is 288 g/mol. The van der Waals surface area contributed by atoms with E-state index in [0.717, 1.165) is 10.7 Å². The third-order valence-corrected chi connectivity index (χ3v) is 2.44. The van der Waals surface area contributed by atoms with Crippen molar-refractivity contribution >= 4 is 21.6 Å². The first-order valence-electron chi connectivity index (χ1n) is 4.69. The van der Waals surface area contributed by atoms with Crippen molar-refractivity contribution in [3.05, 3.63) is 57.2 Å². The average molecular weight is 295 g/mol. The number of hydrogen-bond donors (Lipinski definition) is 0. The number of benzene rings is 1. The highest BCUT2D eigenvalue weighted by atomic mass is 79.9. The van der Waals surface area contributed by atoms with Gasteiger partial charge in [-0.2, -0.15) is 0 Å². The second-order valence-electron chi connectivity index (χ2n) is 3.17. The third-order valence-electron chi connectivity index (χ3n) is 1.95. The minimum atomic E-state index is -0.504. The van der Waals surface area contributed by atoms with Crippen LogP contribution in [0.1, 0.15) is 0 Å². The lowest BCUT2D eigenvalue weighted by Gasteiger charge is -2.04. The highest BCUT2D eigenvalue weighted by molar-refractivity contribution is 9.10. The van der Waals surface area contributed by atoms with Crippen LogP contribution in [0.3, 0.4) is 0 Å². The van der Waals surface area contributed by atoms with Gasteiger partial charge in [-0.3, -0.25) is 10.1 Å². The lowest BCUT2D eigenvalue weighted by Crippen LogP contribution is -1.91. The molecule has 0 aliphatic carbocycles. The van der Waals surface area contributed by atoms with Crippen molar-refractivity contribution in [1.29, 1.82) is 0 Å². The molecule has 2 aromatic rings. The average Bonchev–Trinajstić information content (AvgIpc) is 2.29. The summed E-state index contributed by atoms with van der Waals surface area (Å²) in [7, 11) is 0. The number of nitro groups is 1. The molecular formula is C11H7BrN2O3. The summed E-state index contributed by atoms with van der Waals surface area (Å²) in [6.07, 6.45) is 1.16. The molecule has 0 N–H and O–H groups in total. The molecule has 0 amide bonds. The molecule has 0 atom stereocenters. The molecule has 0 saturated heterocycles. The summed E-state index contributed by atoms with van der Waals surface area (Å²) in [4.78, 5) is 13.8. The van der Waals surface area contributed by atoms with Gasteiger partial charge in [0.15, 0.2) is 0 Å². The first-order chi connectivity index (χ1) is 8.15. The SMILES string of the molecule is O=[N+]([O-])c1ccc(Oc2cccc(Br)c2)nc1. The molecule has 0 aliphatic heterocycles. The Morgan fingerprint density at radius 1 is 1.29 bits per heavy atom. The Hall–Kier alpha value is -1.95. The molecule has 86 valence electrons.